The molecule has 0 heterocycles. The van der Waals surface area contributed by atoms with Gasteiger partial charge in [0.25, 0.3) is 11.0 Å². The number of benzene rings is 1. The minimum atomic E-state index is -2.74. The Labute approximate surface area is 114 Å². The van der Waals surface area contributed by atoms with E-state index in [0.717, 1.165) is 5.56 Å². The van der Waals surface area contributed by atoms with Crippen LogP contribution in [0.2, 0.25) is 0 Å². The van der Waals surface area contributed by atoms with E-state index in [0.29, 0.717) is 31.0 Å². The molecule has 0 aliphatic heterocycles. The van der Waals surface area contributed by atoms with Crippen molar-refractivity contribution in [2.75, 3.05) is 27.4 Å². The van der Waals surface area contributed by atoms with Gasteiger partial charge in [-0.25, -0.2) is 8.42 Å². The minimum absolute atomic E-state index is 0.206. The molecule has 0 amide bonds. The number of methoxy groups -OCH3 is 2. The van der Waals surface area contributed by atoms with Crippen LogP contribution in [0.4, 0.5) is 0 Å². The summed E-state index contributed by atoms with van der Waals surface area (Å²) >= 11 is 0. The molecule has 1 aromatic carbocycles. The Bertz CT molecular complexity index is 453. The van der Waals surface area contributed by atoms with Crippen molar-refractivity contribution in [3.8, 4) is 11.5 Å². The smallest absolute Gasteiger partial charge is 0.257 e. The van der Waals surface area contributed by atoms with Crippen LogP contribution in [0.15, 0.2) is 18.2 Å². The van der Waals surface area contributed by atoms with Crippen LogP contribution in [-0.4, -0.2) is 35.8 Å². The van der Waals surface area contributed by atoms with Crippen molar-refractivity contribution in [3.63, 3.8) is 0 Å². The normalized spacial score (nSPS) is 10.7. The van der Waals surface area contributed by atoms with Gasteiger partial charge in [-0.1, -0.05) is 6.07 Å². The summed E-state index contributed by atoms with van der Waals surface area (Å²) in [5, 5.41) is 3.19. The van der Waals surface area contributed by atoms with Crippen molar-refractivity contribution in [3.05, 3.63) is 23.8 Å². The van der Waals surface area contributed by atoms with Crippen LogP contribution in [0.1, 0.15) is 12.0 Å². The lowest BCUT2D eigenvalue weighted by molar-refractivity contribution is 0.323. The zero-order valence-electron chi connectivity index (χ0n) is 11.0. The van der Waals surface area contributed by atoms with Crippen molar-refractivity contribution >= 4 is 11.0 Å². The third-order valence-electron chi connectivity index (χ3n) is 2.47. The van der Waals surface area contributed by atoms with Gasteiger partial charge < -0.3 is 14.8 Å². The topological polar surface area (TPSA) is 73.9 Å². The summed E-state index contributed by atoms with van der Waals surface area (Å²) < 4.78 is 35.1. The second kappa shape index (κ2) is 8.73. The molecule has 0 saturated carbocycles. The van der Waals surface area contributed by atoms with Crippen molar-refractivity contribution in [2.45, 2.75) is 13.0 Å². The quantitative estimate of drug-likeness (QED) is 0.515. The highest BCUT2D eigenvalue weighted by Crippen LogP contribution is 2.27. The largest absolute Gasteiger partial charge is 0.493 e. The maximum absolute atomic E-state index is 10.2. The number of hydrogen-bond acceptors (Lipinski definition) is 6. The van der Waals surface area contributed by atoms with E-state index >= 15 is 0 Å². The molecule has 1 N–H and O–H groups in total. The van der Waals surface area contributed by atoms with Crippen molar-refractivity contribution < 1.29 is 22.1 Å². The van der Waals surface area contributed by atoms with Crippen molar-refractivity contribution in [1.82, 2.24) is 5.32 Å². The Morgan fingerprint density at radius 2 is 1.89 bits per heavy atom. The van der Waals surface area contributed by atoms with Crippen LogP contribution in [0.5, 0.6) is 11.5 Å². The van der Waals surface area contributed by atoms with Crippen LogP contribution in [0.3, 0.4) is 0 Å². The molecule has 0 saturated heterocycles. The first-order chi connectivity index (χ1) is 9.17. The lowest BCUT2D eigenvalue weighted by Gasteiger charge is -2.10. The minimum Gasteiger partial charge on any atom is -0.493 e. The van der Waals surface area contributed by atoms with Gasteiger partial charge in [0.15, 0.2) is 11.5 Å². The van der Waals surface area contributed by atoms with E-state index in [4.69, 9.17) is 9.47 Å². The molecule has 6 nitrogen and oxygen atoms in total. The molecule has 1 aromatic rings. The third kappa shape index (κ3) is 5.91. The molecule has 0 bridgehead atoms. The average molecular weight is 289 g/mol. The zero-order valence-corrected chi connectivity index (χ0v) is 11.9. The van der Waals surface area contributed by atoms with E-state index < -0.39 is 11.0 Å². The highest BCUT2D eigenvalue weighted by atomic mass is 32.2. The van der Waals surface area contributed by atoms with Gasteiger partial charge in [-0.05, 0) is 30.7 Å². The molecular weight excluding hydrogens is 270 g/mol. The molecule has 0 unspecified atom stereocenters. The van der Waals surface area contributed by atoms with Crippen molar-refractivity contribution in [2.24, 2.45) is 0 Å². The molecule has 19 heavy (non-hydrogen) atoms. The van der Waals surface area contributed by atoms with Crippen LogP contribution in [-0.2, 0) is 21.7 Å². The lowest BCUT2D eigenvalue weighted by Crippen LogP contribution is -2.16. The molecule has 0 aliphatic rings. The summed E-state index contributed by atoms with van der Waals surface area (Å²) in [6.45, 7) is 1.55. The fraction of sp³-hybridized carbons (Fsp3) is 0.500. The molecule has 0 aromatic heterocycles. The van der Waals surface area contributed by atoms with E-state index in [9.17, 15) is 8.42 Å². The second-order valence-corrected chi connectivity index (χ2v) is 4.48. The van der Waals surface area contributed by atoms with Gasteiger partial charge in [0.1, 0.15) is 0 Å². The van der Waals surface area contributed by atoms with Gasteiger partial charge in [0.2, 0.25) is 0 Å². The molecule has 108 valence electrons. The standard InChI is InChI=1S/C12H19NO5S/c1-16-11-5-4-10(8-12(11)17-2)9-13-6-3-7-18-19(14)15/h4-5,8,13,19H,3,6-7,9H2,1-2H3. The number of thiol groups is 1. The molecule has 0 fully saturated rings. The zero-order chi connectivity index (χ0) is 14.1. The predicted molar refractivity (Wildman–Crippen MR) is 72.1 cm³/mol. The van der Waals surface area contributed by atoms with Crippen LogP contribution < -0.4 is 14.8 Å². The fourth-order valence-electron chi connectivity index (χ4n) is 1.56. The molecule has 0 radical (unpaired) electrons. The summed E-state index contributed by atoms with van der Waals surface area (Å²) in [6, 6.07) is 5.69. The summed E-state index contributed by atoms with van der Waals surface area (Å²) in [6.07, 6.45) is 0.636. The first kappa shape index (κ1) is 15.7. The first-order valence-electron chi connectivity index (χ1n) is 5.86. The molecule has 0 spiro atoms. The summed E-state index contributed by atoms with van der Waals surface area (Å²) in [5.41, 5.74) is 1.06. The van der Waals surface area contributed by atoms with Gasteiger partial charge in [0, 0.05) is 6.54 Å². The molecular formula is C12H19NO5S. The van der Waals surface area contributed by atoms with Gasteiger partial charge in [0.05, 0.1) is 20.8 Å². The van der Waals surface area contributed by atoms with Crippen LogP contribution in [0, 0.1) is 0 Å². The number of hydrogen-bond donors (Lipinski definition) is 2. The summed E-state index contributed by atoms with van der Waals surface area (Å²) in [4.78, 5) is 0. The highest BCUT2D eigenvalue weighted by molar-refractivity contribution is 7.67. The summed E-state index contributed by atoms with van der Waals surface area (Å²) in [7, 11) is 0.452. The lowest BCUT2D eigenvalue weighted by atomic mass is 10.2. The third-order valence-corrected chi connectivity index (χ3v) is 2.87. The molecule has 1 rings (SSSR count). The molecule has 0 atom stereocenters. The second-order valence-electron chi connectivity index (χ2n) is 3.78. The van der Waals surface area contributed by atoms with Crippen LogP contribution >= 0.6 is 0 Å². The Balaban J connectivity index is 2.33. The maximum atomic E-state index is 10.2. The number of rotatable bonds is 9. The van der Waals surface area contributed by atoms with Gasteiger partial charge >= 0.3 is 0 Å². The summed E-state index contributed by atoms with van der Waals surface area (Å²) in [5.74, 6) is 1.38. The van der Waals surface area contributed by atoms with Gasteiger partial charge in [-0.2, -0.15) is 0 Å². The number of ether oxygens (including phenoxy) is 2. The van der Waals surface area contributed by atoms with E-state index in [1.165, 1.54) is 0 Å². The Kier molecular flexibility index (Phi) is 7.24. The fourth-order valence-corrected chi connectivity index (χ4v) is 1.84. The van der Waals surface area contributed by atoms with E-state index in [-0.39, 0.29) is 6.61 Å². The number of nitrogens with one attached hydrogen (secondary N) is 1. The first-order valence-corrected chi connectivity index (χ1v) is 6.96. The van der Waals surface area contributed by atoms with E-state index in [2.05, 4.69) is 9.50 Å². The monoisotopic (exact) mass is 289 g/mol. The Morgan fingerprint density at radius 3 is 2.53 bits per heavy atom. The SMILES string of the molecule is COc1ccc(CNCCCO[SH](=O)=O)cc1OC. The van der Waals surface area contributed by atoms with Crippen LogP contribution in [0.25, 0.3) is 0 Å². The van der Waals surface area contributed by atoms with Crippen molar-refractivity contribution in [1.29, 1.82) is 0 Å². The van der Waals surface area contributed by atoms with E-state index in [1.807, 2.05) is 18.2 Å². The van der Waals surface area contributed by atoms with Gasteiger partial charge in [-0.3, -0.25) is 4.18 Å². The highest BCUT2D eigenvalue weighted by Gasteiger charge is 2.03. The average Bonchev–Trinajstić information content (AvgIpc) is 2.42. The maximum Gasteiger partial charge on any atom is 0.257 e. The Morgan fingerprint density at radius 1 is 1.16 bits per heavy atom. The van der Waals surface area contributed by atoms with Gasteiger partial charge in [-0.15, -0.1) is 0 Å². The molecule has 0 aliphatic carbocycles. The predicted octanol–water partition coefficient (Wildman–Crippen LogP) is 0.726. The van der Waals surface area contributed by atoms with E-state index in [1.54, 1.807) is 14.2 Å². The Hall–Kier alpha value is -1.31. The molecule has 7 heteroatoms.